The van der Waals surface area contributed by atoms with Crippen molar-refractivity contribution in [2.24, 2.45) is 0 Å². The molecule has 0 spiro atoms. The standard InChI is InChI=1S/C6H12N2O4S.H2/c1-6(9)7-13(10,11)8-2-4-12-5-3-8;/h2-5H2,1H3,(H,7,9);1H. The van der Waals surface area contributed by atoms with Crippen LogP contribution >= 0.6 is 0 Å². The van der Waals surface area contributed by atoms with E-state index in [1.807, 2.05) is 4.72 Å². The van der Waals surface area contributed by atoms with Crippen LogP contribution < -0.4 is 4.72 Å². The van der Waals surface area contributed by atoms with E-state index in [-0.39, 0.29) is 1.43 Å². The van der Waals surface area contributed by atoms with Crippen molar-refractivity contribution in [2.75, 3.05) is 26.3 Å². The number of nitrogens with zero attached hydrogens (tertiary/aromatic N) is 1. The summed E-state index contributed by atoms with van der Waals surface area (Å²) in [5.74, 6) is -0.577. The van der Waals surface area contributed by atoms with Gasteiger partial charge in [0.1, 0.15) is 0 Å². The molecule has 6 nitrogen and oxygen atoms in total. The number of hydrogen-bond donors (Lipinski definition) is 1. The lowest BCUT2D eigenvalue weighted by Gasteiger charge is -2.25. The van der Waals surface area contributed by atoms with Gasteiger partial charge in [-0.05, 0) is 0 Å². The first-order valence-electron chi connectivity index (χ1n) is 3.88. The lowest BCUT2D eigenvalue weighted by atomic mass is 10.5. The van der Waals surface area contributed by atoms with Crippen LogP contribution in [-0.2, 0) is 19.7 Å². The quantitative estimate of drug-likeness (QED) is 0.630. The molecule has 0 aromatic heterocycles. The summed E-state index contributed by atoms with van der Waals surface area (Å²) in [6, 6.07) is 0. The lowest BCUT2D eigenvalue weighted by Crippen LogP contribution is -2.47. The molecule has 1 rings (SSSR count). The Morgan fingerprint density at radius 1 is 1.46 bits per heavy atom. The SMILES string of the molecule is CC(=O)NS(=O)(=O)N1CCOCC1.[HH]. The predicted molar refractivity (Wildman–Crippen MR) is 47.2 cm³/mol. The second-order valence-electron chi connectivity index (χ2n) is 2.67. The number of ether oxygens (including phenoxy) is 1. The van der Waals surface area contributed by atoms with Gasteiger partial charge in [-0.3, -0.25) is 4.79 Å². The van der Waals surface area contributed by atoms with E-state index >= 15 is 0 Å². The van der Waals surface area contributed by atoms with Crippen LogP contribution in [0.3, 0.4) is 0 Å². The zero-order valence-corrected chi connectivity index (χ0v) is 8.13. The zero-order chi connectivity index (χ0) is 9.90. The fourth-order valence-electron chi connectivity index (χ4n) is 1.03. The fourth-order valence-corrected chi connectivity index (χ4v) is 2.16. The van der Waals surface area contributed by atoms with Crippen LogP contribution in [0.25, 0.3) is 0 Å². The van der Waals surface area contributed by atoms with E-state index in [0.29, 0.717) is 26.3 Å². The Balaban J connectivity index is 0.00000169. The summed E-state index contributed by atoms with van der Waals surface area (Å²) in [5, 5.41) is 0. The van der Waals surface area contributed by atoms with Gasteiger partial charge in [-0.1, -0.05) is 0 Å². The molecule has 0 bridgehead atoms. The monoisotopic (exact) mass is 210 g/mol. The van der Waals surface area contributed by atoms with Crippen molar-refractivity contribution >= 4 is 16.1 Å². The minimum atomic E-state index is -3.63. The number of rotatable bonds is 2. The van der Waals surface area contributed by atoms with Gasteiger partial charge in [0.15, 0.2) is 0 Å². The molecule has 0 aromatic carbocycles. The van der Waals surface area contributed by atoms with E-state index in [1.165, 1.54) is 4.31 Å². The summed E-state index contributed by atoms with van der Waals surface area (Å²) < 4.78 is 30.7. The summed E-state index contributed by atoms with van der Waals surface area (Å²) in [6.07, 6.45) is 0. The first-order chi connectivity index (χ1) is 6.02. The van der Waals surface area contributed by atoms with Crippen molar-refractivity contribution < 1.29 is 19.4 Å². The van der Waals surface area contributed by atoms with Crippen LogP contribution in [0, 0.1) is 0 Å². The highest BCUT2D eigenvalue weighted by molar-refractivity contribution is 7.87. The average Bonchev–Trinajstić information content (AvgIpc) is 2.04. The molecule has 0 unspecified atom stereocenters. The highest BCUT2D eigenvalue weighted by Gasteiger charge is 2.24. The molecule has 7 heteroatoms. The van der Waals surface area contributed by atoms with Crippen LogP contribution in [0.5, 0.6) is 0 Å². The first kappa shape index (κ1) is 10.4. The summed E-state index contributed by atoms with van der Waals surface area (Å²) in [4.78, 5) is 10.6. The second-order valence-corrected chi connectivity index (χ2v) is 4.35. The molecule has 1 aliphatic heterocycles. The number of morpholine rings is 1. The van der Waals surface area contributed by atoms with E-state index in [2.05, 4.69) is 0 Å². The van der Waals surface area contributed by atoms with Gasteiger partial charge in [-0.2, -0.15) is 12.7 Å². The third-order valence-corrected chi connectivity index (χ3v) is 3.17. The van der Waals surface area contributed by atoms with Crippen LogP contribution in [-0.4, -0.2) is 44.9 Å². The Kier molecular flexibility index (Phi) is 3.23. The lowest BCUT2D eigenvalue weighted by molar-refractivity contribution is -0.117. The number of nitrogens with one attached hydrogen (secondary N) is 1. The normalized spacial score (nSPS) is 19.8. The largest absolute Gasteiger partial charge is 0.379 e. The zero-order valence-electron chi connectivity index (χ0n) is 7.32. The molecule has 0 aliphatic carbocycles. The number of amides is 1. The Morgan fingerprint density at radius 3 is 2.46 bits per heavy atom. The van der Waals surface area contributed by atoms with E-state index in [9.17, 15) is 13.2 Å². The molecule has 0 saturated carbocycles. The predicted octanol–water partition coefficient (Wildman–Crippen LogP) is -1.05. The van der Waals surface area contributed by atoms with E-state index < -0.39 is 16.1 Å². The third-order valence-electron chi connectivity index (χ3n) is 1.58. The van der Waals surface area contributed by atoms with Gasteiger partial charge in [0.05, 0.1) is 13.2 Å². The van der Waals surface area contributed by atoms with Crippen molar-refractivity contribution in [3.8, 4) is 0 Å². The van der Waals surface area contributed by atoms with E-state index in [0.717, 1.165) is 6.92 Å². The van der Waals surface area contributed by atoms with Crippen LogP contribution in [0.15, 0.2) is 0 Å². The van der Waals surface area contributed by atoms with Gasteiger partial charge >= 0.3 is 10.2 Å². The van der Waals surface area contributed by atoms with Crippen molar-refractivity contribution in [2.45, 2.75) is 6.92 Å². The fraction of sp³-hybridized carbons (Fsp3) is 0.833. The maximum atomic E-state index is 11.3. The summed E-state index contributed by atoms with van der Waals surface area (Å²) in [5.41, 5.74) is 0. The van der Waals surface area contributed by atoms with Gasteiger partial charge < -0.3 is 4.74 Å². The van der Waals surface area contributed by atoms with Gasteiger partial charge in [-0.15, -0.1) is 0 Å². The van der Waals surface area contributed by atoms with Crippen molar-refractivity contribution in [3.63, 3.8) is 0 Å². The minimum Gasteiger partial charge on any atom is -0.379 e. The number of hydrogen-bond acceptors (Lipinski definition) is 4. The summed E-state index contributed by atoms with van der Waals surface area (Å²) >= 11 is 0. The Bertz CT molecular complexity index is 286. The molecular formula is C6H14N2O4S. The Labute approximate surface area is 78.5 Å². The topological polar surface area (TPSA) is 75.7 Å². The summed E-state index contributed by atoms with van der Waals surface area (Å²) in [6.45, 7) is 2.50. The Hall–Kier alpha value is -0.660. The average molecular weight is 210 g/mol. The van der Waals surface area contributed by atoms with Gasteiger partial charge in [-0.25, -0.2) is 4.72 Å². The molecule has 0 atom stereocenters. The van der Waals surface area contributed by atoms with Gasteiger partial charge in [0, 0.05) is 21.4 Å². The molecule has 1 saturated heterocycles. The number of carbonyl (C=O) groups excluding carboxylic acids is 1. The van der Waals surface area contributed by atoms with E-state index in [4.69, 9.17) is 4.74 Å². The highest BCUT2D eigenvalue weighted by atomic mass is 32.2. The molecule has 0 radical (unpaired) electrons. The van der Waals surface area contributed by atoms with Crippen molar-refractivity contribution in [1.82, 2.24) is 9.03 Å². The molecule has 1 fully saturated rings. The smallest absolute Gasteiger partial charge is 0.303 e. The second kappa shape index (κ2) is 4.03. The maximum absolute atomic E-state index is 11.3. The van der Waals surface area contributed by atoms with E-state index in [1.54, 1.807) is 0 Å². The summed E-state index contributed by atoms with van der Waals surface area (Å²) in [7, 11) is -3.63. The highest BCUT2D eigenvalue weighted by Crippen LogP contribution is 2.02. The van der Waals surface area contributed by atoms with Crippen LogP contribution in [0.1, 0.15) is 8.35 Å². The van der Waals surface area contributed by atoms with Gasteiger partial charge in [0.25, 0.3) is 0 Å². The number of carbonyl (C=O) groups is 1. The van der Waals surface area contributed by atoms with Crippen molar-refractivity contribution in [1.29, 1.82) is 0 Å². The molecule has 78 valence electrons. The maximum Gasteiger partial charge on any atom is 0.303 e. The first-order valence-corrected chi connectivity index (χ1v) is 5.32. The molecule has 13 heavy (non-hydrogen) atoms. The Morgan fingerprint density at radius 2 is 2.00 bits per heavy atom. The molecular weight excluding hydrogens is 196 g/mol. The van der Waals surface area contributed by atoms with Crippen LogP contribution in [0.2, 0.25) is 0 Å². The van der Waals surface area contributed by atoms with Crippen molar-refractivity contribution in [3.05, 3.63) is 0 Å². The molecule has 1 amide bonds. The molecule has 0 aromatic rings. The minimum absolute atomic E-state index is 0. The molecule has 1 aliphatic rings. The van der Waals surface area contributed by atoms with Crippen LogP contribution in [0.4, 0.5) is 0 Å². The molecule has 1 heterocycles. The molecule has 1 N–H and O–H groups in total. The third kappa shape index (κ3) is 2.94. The van der Waals surface area contributed by atoms with Gasteiger partial charge in [0.2, 0.25) is 5.91 Å².